The number of hydrogen-bond acceptors (Lipinski definition) is 8. The van der Waals surface area contributed by atoms with Gasteiger partial charge in [0.25, 0.3) is 0 Å². The van der Waals surface area contributed by atoms with Crippen molar-refractivity contribution in [3.8, 4) is 23.0 Å². The van der Waals surface area contributed by atoms with Crippen molar-refractivity contribution in [3.05, 3.63) is 45.5 Å². The fourth-order valence-corrected chi connectivity index (χ4v) is 2.91. The van der Waals surface area contributed by atoms with Crippen molar-refractivity contribution in [3.63, 3.8) is 0 Å². The Morgan fingerprint density at radius 1 is 1.27 bits per heavy atom. The lowest BCUT2D eigenvalue weighted by atomic mass is 9.88. The molecule has 138 valence electrons. The first-order valence-corrected chi connectivity index (χ1v) is 7.82. The Labute approximate surface area is 148 Å². The predicted octanol–water partition coefficient (Wildman–Crippen LogP) is 2.09. The van der Waals surface area contributed by atoms with Crippen LogP contribution in [0.3, 0.4) is 0 Å². The van der Waals surface area contributed by atoms with E-state index in [4.69, 9.17) is 23.4 Å². The van der Waals surface area contributed by atoms with Crippen LogP contribution < -0.4 is 19.8 Å². The van der Waals surface area contributed by atoms with E-state index in [1.165, 1.54) is 20.3 Å². The first kappa shape index (κ1) is 17.7. The summed E-state index contributed by atoms with van der Waals surface area (Å²) in [5.41, 5.74) is -0.252. The molecule has 1 atom stereocenters. The molecule has 0 saturated heterocycles. The van der Waals surface area contributed by atoms with Gasteiger partial charge in [-0.25, -0.2) is 4.79 Å². The monoisotopic (exact) mass is 362 g/mol. The van der Waals surface area contributed by atoms with E-state index in [9.17, 15) is 14.7 Å². The van der Waals surface area contributed by atoms with Gasteiger partial charge in [0, 0.05) is 12.0 Å². The molecule has 0 radical (unpaired) electrons. The van der Waals surface area contributed by atoms with E-state index in [1.807, 2.05) is 0 Å². The van der Waals surface area contributed by atoms with Crippen molar-refractivity contribution < 1.29 is 33.3 Å². The minimum atomic E-state index is -0.817. The van der Waals surface area contributed by atoms with Crippen molar-refractivity contribution in [2.24, 2.45) is 0 Å². The SMILES string of the molecule is COC(=O)C[C@@H](c1cc(OC)c2c(c1)OCO2)c1c(O)cc(C)oc1=O. The highest BCUT2D eigenvalue weighted by molar-refractivity contribution is 5.72. The highest BCUT2D eigenvalue weighted by Gasteiger charge is 2.29. The maximum Gasteiger partial charge on any atom is 0.343 e. The van der Waals surface area contributed by atoms with Crippen LogP contribution in [-0.2, 0) is 9.53 Å². The molecule has 0 saturated carbocycles. The summed E-state index contributed by atoms with van der Waals surface area (Å²) in [4.78, 5) is 24.3. The molecule has 2 heterocycles. The van der Waals surface area contributed by atoms with Crippen LogP contribution >= 0.6 is 0 Å². The molecular formula is C18H18O8. The number of hydrogen-bond donors (Lipinski definition) is 1. The molecule has 0 spiro atoms. The largest absolute Gasteiger partial charge is 0.507 e. The van der Waals surface area contributed by atoms with Crippen LogP contribution in [0.1, 0.15) is 29.2 Å². The van der Waals surface area contributed by atoms with E-state index in [2.05, 4.69) is 0 Å². The van der Waals surface area contributed by atoms with E-state index in [1.54, 1.807) is 19.1 Å². The van der Waals surface area contributed by atoms with Crippen molar-refractivity contribution in [2.45, 2.75) is 19.3 Å². The number of benzene rings is 1. The second-order valence-electron chi connectivity index (χ2n) is 5.73. The molecule has 0 fully saturated rings. The van der Waals surface area contributed by atoms with E-state index in [0.717, 1.165) is 0 Å². The molecule has 1 aromatic heterocycles. The van der Waals surface area contributed by atoms with Crippen molar-refractivity contribution in [2.75, 3.05) is 21.0 Å². The van der Waals surface area contributed by atoms with Gasteiger partial charge in [-0.2, -0.15) is 0 Å². The van der Waals surface area contributed by atoms with Crippen LogP contribution in [0.25, 0.3) is 0 Å². The lowest BCUT2D eigenvalue weighted by Gasteiger charge is -2.18. The maximum atomic E-state index is 12.4. The topological polar surface area (TPSA) is 104 Å². The van der Waals surface area contributed by atoms with Gasteiger partial charge in [-0.1, -0.05) is 0 Å². The summed E-state index contributed by atoms with van der Waals surface area (Å²) in [6, 6.07) is 4.59. The van der Waals surface area contributed by atoms with Gasteiger partial charge >= 0.3 is 11.6 Å². The van der Waals surface area contributed by atoms with Crippen LogP contribution in [0.15, 0.2) is 27.4 Å². The number of aryl methyl sites for hydroxylation is 1. The number of carbonyl (C=O) groups is 1. The summed E-state index contributed by atoms with van der Waals surface area (Å²) in [5, 5.41) is 10.3. The number of aromatic hydroxyl groups is 1. The number of esters is 1. The van der Waals surface area contributed by atoms with Gasteiger partial charge < -0.3 is 28.5 Å². The quantitative estimate of drug-likeness (QED) is 0.806. The zero-order valence-electron chi connectivity index (χ0n) is 14.5. The standard InChI is InChI=1S/C18H18O8/c1-9-4-12(19)16(18(21)26-9)11(7-15(20)23-3)10-5-13(22-2)17-14(6-10)24-8-25-17/h4-6,11,19H,7-8H2,1-3H3/t11-/m0/s1. The molecule has 0 aliphatic carbocycles. The van der Waals surface area contributed by atoms with Gasteiger partial charge in [-0.05, 0) is 24.6 Å². The molecule has 1 N–H and O–H groups in total. The molecule has 3 rings (SSSR count). The zero-order valence-corrected chi connectivity index (χ0v) is 14.5. The van der Waals surface area contributed by atoms with E-state index < -0.39 is 17.5 Å². The molecule has 1 aromatic carbocycles. The molecule has 26 heavy (non-hydrogen) atoms. The number of fused-ring (bicyclic) bond motifs is 1. The minimum absolute atomic E-state index is 0.0364. The Bertz CT molecular complexity index is 899. The van der Waals surface area contributed by atoms with E-state index >= 15 is 0 Å². The Morgan fingerprint density at radius 3 is 2.69 bits per heavy atom. The predicted molar refractivity (Wildman–Crippen MR) is 89.0 cm³/mol. The highest BCUT2D eigenvalue weighted by Crippen LogP contribution is 2.45. The average Bonchev–Trinajstić information content (AvgIpc) is 3.07. The van der Waals surface area contributed by atoms with Crippen LogP contribution in [0, 0.1) is 6.92 Å². The minimum Gasteiger partial charge on any atom is -0.507 e. The second kappa shape index (κ2) is 6.99. The maximum absolute atomic E-state index is 12.4. The number of carbonyl (C=O) groups excluding carboxylic acids is 1. The average molecular weight is 362 g/mol. The number of methoxy groups -OCH3 is 2. The fourth-order valence-electron chi connectivity index (χ4n) is 2.91. The molecule has 0 unspecified atom stereocenters. The summed E-state index contributed by atoms with van der Waals surface area (Å²) < 4.78 is 25.9. The summed E-state index contributed by atoms with van der Waals surface area (Å²) >= 11 is 0. The van der Waals surface area contributed by atoms with Gasteiger partial charge in [-0.15, -0.1) is 0 Å². The Morgan fingerprint density at radius 2 is 2.04 bits per heavy atom. The Kier molecular flexibility index (Phi) is 4.75. The van der Waals surface area contributed by atoms with Crippen molar-refractivity contribution >= 4 is 5.97 Å². The summed E-state index contributed by atoms with van der Waals surface area (Å²) in [6.07, 6.45) is -0.180. The van der Waals surface area contributed by atoms with Crippen molar-refractivity contribution in [1.29, 1.82) is 0 Å². The van der Waals surface area contributed by atoms with Gasteiger partial charge in [0.15, 0.2) is 11.5 Å². The first-order chi connectivity index (χ1) is 12.4. The van der Waals surface area contributed by atoms with E-state index in [0.29, 0.717) is 22.8 Å². The van der Waals surface area contributed by atoms with Crippen LogP contribution in [0.2, 0.25) is 0 Å². The molecule has 8 nitrogen and oxygen atoms in total. The normalized spacial score (nSPS) is 13.3. The second-order valence-corrected chi connectivity index (χ2v) is 5.73. The third-order valence-corrected chi connectivity index (χ3v) is 4.12. The van der Waals surface area contributed by atoms with E-state index in [-0.39, 0.29) is 30.3 Å². The molecular weight excluding hydrogens is 344 g/mol. The summed E-state index contributed by atoms with van der Waals surface area (Å²) in [5.74, 6) is -0.117. The third-order valence-electron chi connectivity index (χ3n) is 4.12. The number of rotatable bonds is 5. The van der Waals surface area contributed by atoms with Gasteiger partial charge in [0.2, 0.25) is 12.5 Å². The summed E-state index contributed by atoms with van der Waals surface area (Å²) in [7, 11) is 2.71. The highest BCUT2D eigenvalue weighted by atomic mass is 16.7. The molecule has 0 amide bonds. The van der Waals surface area contributed by atoms with Crippen molar-refractivity contribution in [1.82, 2.24) is 0 Å². The molecule has 0 bridgehead atoms. The Hall–Kier alpha value is -3.16. The fraction of sp³-hybridized carbons (Fsp3) is 0.333. The van der Waals surface area contributed by atoms with Crippen LogP contribution in [0.5, 0.6) is 23.0 Å². The Balaban J connectivity index is 2.17. The molecule has 1 aliphatic rings. The molecule has 8 heteroatoms. The third kappa shape index (κ3) is 3.17. The molecule has 2 aromatic rings. The number of ether oxygens (including phenoxy) is 4. The zero-order chi connectivity index (χ0) is 18.8. The van der Waals surface area contributed by atoms with Crippen LogP contribution in [0.4, 0.5) is 0 Å². The summed E-state index contributed by atoms with van der Waals surface area (Å²) in [6.45, 7) is 1.58. The molecule has 1 aliphatic heterocycles. The van der Waals surface area contributed by atoms with Crippen LogP contribution in [-0.4, -0.2) is 32.1 Å². The van der Waals surface area contributed by atoms with Gasteiger partial charge in [0.05, 0.1) is 26.2 Å². The lowest BCUT2D eigenvalue weighted by molar-refractivity contribution is -0.140. The van der Waals surface area contributed by atoms with Gasteiger partial charge in [0.1, 0.15) is 11.5 Å². The lowest BCUT2D eigenvalue weighted by Crippen LogP contribution is -2.18. The van der Waals surface area contributed by atoms with Gasteiger partial charge in [-0.3, -0.25) is 4.79 Å². The smallest absolute Gasteiger partial charge is 0.343 e. The first-order valence-electron chi connectivity index (χ1n) is 7.82.